The molecule has 0 bridgehead atoms. The van der Waals surface area contributed by atoms with Crippen molar-refractivity contribution in [1.82, 2.24) is 10.6 Å². The number of amides is 2. The number of hydrogen-bond donors (Lipinski definition) is 2. The van der Waals surface area contributed by atoms with E-state index in [-0.39, 0.29) is 27.9 Å². The molecule has 122 valence electrons. The predicted octanol–water partition coefficient (Wildman–Crippen LogP) is 2.41. The maximum atomic E-state index is 12.0. The smallest absolute Gasteiger partial charge is 0.471 e. The zero-order valence-electron chi connectivity index (χ0n) is 11.2. The number of alkyl halides is 3. The summed E-state index contributed by atoms with van der Waals surface area (Å²) in [7, 11) is 1.29. The molecule has 22 heavy (non-hydrogen) atoms. The van der Waals surface area contributed by atoms with Crippen LogP contribution in [0.3, 0.4) is 0 Å². The summed E-state index contributed by atoms with van der Waals surface area (Å²) < 4.78 is 40.8. The molecule has 0 radical (unpaired) electrons. The Morgan fingerprint density at radius 1 is 1.14 bits per heavy atom. The van der Waals surface area contributed by atoms with Crippen molar-refractivity contribution in [3.05, 3.63) is 27.7 Å². The second kappa shape index (κ2) is 7.55. The van der Waals surface area contributed by atoms with Crippen molar-refractivity contribution in [1.29, 1.82) is 0 Å². The quantitative estimate of drug-likeness (QED) is 0.794. The molecular weight excluding hydrogens is 348 g/mol. The van der Waals surface area contributed by atoms with Crippen LogP contribution in [0, 0.1) is 0 Å². The Morgan fingerprint density at radius 3 is 2.23 bits per heavy atom. The van der Waals surface area contributed by atoms with Gasteiger partial charge in [-0.2, -0.15) is 13.2 Å². The van der Waals surface area contributed by atoms with Crippen LogP contribution in [0.15, 0.2) is 12.1 Å². The summed E-state index contributed by atoms with van der Waals surface area (Å²) in [4.78, 5) is 22.5. The van der Waals surface area contributed by atoms with Crippen molar-refractivity contribution in [2.45, 2.75) is 6.18 Å². The fourth-order valence-electron chi connectivity index (χ4n) is 1.49. The van der Waals surface area contributed by atoms with E-state index in [1.807, 2.05) is 0 Å². The Hall–Kier alpha value is -1.67. The summed E-state index contributed by atoms with van der Waals surface area (Å²) in [6.07, 6.45) is -4.97. The van der Waals surface area contributed by atoms with Crippen LogP contribution in [0.1, 0.15) is 10.4 Å². The van der Waals surface area contributed by atoms with Crippen LogP contribution in [0.25, 0.3) is 0 Å². The van der Waals surface area contributed by atoms with Gasteiger partial charge < -0.3 is 15.4 Å². The van der Waals surface area contributed by atoms with Gasteiger partial charge in [0.15, 0.2) is 5.75 Å². The number of carbonyl (C=O) groups excluding carboxylic acids is 2. The molecule has 0 fully saturated rings. The molecule has 0 saturated heterocycles. The third-order valence-corrected chi connectivity index (χ3v) is 3.06. The zero-order valence-corrected chi connectivity index (χ0v) is 12.7. The average Bonchev–Trinajstić information content (AvgIpc) is 2.44. The van der Waals surface area contributed by atoms with Gasteiger partial charge in [-0.25, -0.2) is 0 Å². The molecule has 5 nitrogen and oxygen atoms in total. The van der Waals surface area contributed by atoms with E-state index >= 15 is 0 Å². The topological polar surface area (TPSA) is 67.4 Å². The van der Waals surface area contributed by atoms with Gasteiger partial charge in [0, 0.05) is 13.1 Å². The van der Waals surface area contributed by atoms with Gasteiger partial charge in [-0.1, -0.05) is 23.2 Å². The third-order valence-electron chi connectivity index (χ3n) is 2.44. The average molecular weight is 359 g/mol. The maximum absolute atomic E-state index is 12.0. The lowest BCUT2D eigenvalue weighted by Crippen LogP contribution is -2.41. The number of hydrogen-bond acceptors (Lipinski definition) is 3. The van der Waals surface area contributed by atoms with Crippen LogP contribution in [0.4, 0.5) is 13.2 Å². The molecule has 0 aliphatic heterocycles. The lowest BCUT2D eigenvalue weighted by Gasteiger charge is -2.13. The molecule has 0 unspecified atom stereocenters. The highest BCUT2D eigenvalue weighted by Crippen LogP contribution is 2.33. The summed E-state index contributed by atoms with van der Waals surface area (Å²) >= 11 is 11.7. The molecule has 10 heteroatoms. The number of rotatable bonds is 5. The summed E-state index contributed by atoms with van der Waals surface area (Å²) in [5, 5.41) is 4.14. The number of carbonyl (C=O) groups is 2. The molecule has 0 spiro atoms. The molecule has 2 amide bonds. The first-order valence-corrected chi connectivity index (χ1v) is 6.59. The van der Waals surface area contributed by atoms with Gasteiger partial charge in [-0.15, -0.1) is 0 Å². The van der Waals surface area contributed by atoms with E-state index in [2.05, 4.69) is 5.32 Å². The largest absolute Gasteiger partial charge is 0.494 e. The Labute approximate surface area is 133 Å². The molecule has 0 aliphatic carbocycles. The van der Waals surface area contributed by atoms with Crippen molar-refractivity contribution in [3.8, 4) is 5.75 Å². The van der Waals surface area contributed by atoms with Gasteiger partial charge in [0.25, 0.3) is 5.91 Å². The number of benzene rings is 1. The van der Waals surface area contributed by atoms with Crippen LogP contribution < -0.4 is 15.4 Å². The molecule has 1 aromatic rings. The molecule has 0 aromatic heterocycles. The Kier molecular flexibility index (Phi) is 6.31. The highest BCUT2D eigenvalue weighted by molar-refractivity contribution is 6.37. The molecule has 0 saturated carbocycles. The highest BCUT2D eigenvalue weighted by Gasteiger charge is 2.38. The number of nitrogens with one attached hydrogen (secondary N) is 2. The fraction of sp³-hybridized carbons (Fsp3) is 0.333. The first-order valence-electron chi connectivity index (χ1n) is 5.83. The molecule has 0 heterocycles. The highest BCUT2D eigenvalue weighted by atomic mass is 35.5. The molecule has 1 aromatic carbocycles. The molecule has 1 rings (SSSR count). The number of ether oxygens (including phenoxy) is 1. The Bertz CT molecular complexity index is 579. The zero-order chi connectivity index (χ0) is 16.9. The molecular formula is C12H11Cl2F3N2O3. The van der Waals surface area contributed by atoms with Crippen molar-refractivity contribution in [2.75, 3.05) is 20.2 Å². The maximum Gasteiger partial charge on any atom is 0.471 e. The van der Waals surface area contributed by atoms with E-state index < -0.39 is 24.5 Å². The van der Waals surface area contributed by atoms with Gasteiger partial charge >= 0.3 is 12.1 Å². The summed E-state index contributed by atoms with van der Waals surface area (Å²) in [5.74, 6) is -2.73. The van der Waals surface area contributed by atoms with E-state index in [4.69, 9.17) is 27.9 Å². The van der Waals surface area contributed by atoms with Crippen LogP contribution in [0.2, 0.25) is 10.0 Å². The molecule has 0 aliphatic rings. The molecule has 0 atom stereocenters. The van der Waals surface area contributed by atoms with Crippen LogP contribution in [-0.2, 0) is 4.79 Å². The van der Waals surface area contributed by atoms with Crippen LogP contribution in [-0.4, -0.2) is 38.2 Å². The Balaban J connectivity index is 2.64. The van der Waals surface area contributed by atoms with Crippen LogP contribution >= 0.6 is 23.2 Å². The number of halogens is 5. The van der Waals surface area contributed by atoms with Crippen molar-refractivity contribution >= 4 is 35.0 Å². The number of methoxy groups -OCH3 is 1. The van der Waals surface area contributed by atoms with E-state index in [0.29, 0.717) is 0 Å². The lowest BCUT2D eigenvalue weighted by molar-refractivity contribution is -0.173. The van der Waals surface area contributed by atoms with Gasteiger partial charge in [0.1, 0.15) is 5.56 Å². The fourth-order valence-corrected chi connectivity index (χ4v) is 1.95. The lowest BCUT2D eigenvalue weighted by atomic mass is 10.2. The second-order valence-corrected chi connectivity index (χ2v) is 4.76. The standard InChI is InChI=1S/C12H11Cl2F3N2O3/c1-22-9-7(14)3-2-6(13)8(9)10(20)18-4-5-19-11(21)12(15,16)17/h2-3H,4-5H2,1H3,(H,18,20)(H,19,21). The third kappa shape index (κ3) is 4.67. The molecule has 2 N–H and O–H groups in total. The first kappa shape index (κ1) is 18.4. The monoisotopic (exact) mass is 358 g/mol. The van der Waals surface area contributed by atoms with E-state index in [0.717, 1.165) is 0 Å². The Morgan fingerprint density at radius 2 is 1.68 bits per heavy atom. The van der Waals surface area contributed by atoms with Gasteiger partial charge in [0.05, 0.1) is 17.2 Å². The van der Waals surface area contributed by atoms with Crippen molar-refractivity contribution in [3.63, 3.8) is 0 Å². The minimum Gasteiger partial charge on any atom is -0.494 e. The van der Waals surface area contributed by atoms with Crippen molar-refractivity contribution < 1.29 is 27.5 Å². The van der Waals surface area contributed by atoms with E-state index in [9.17, 15) is 22.8 Å². The van der Waals surface area contributed by atoms with Gasteiger partial charge in [-0.3, -0.25) is 9.59 Å². The van der Waals surface area contributed by atoms with Crippen molar-refractivity contribution in [2.24, 2.45) is 0 Å². The van der Waals surface area contributed by atoms with E-state index in [1.54, 1.807) is 5.32 Å². The summed E-state index contributed by atoms with van der Waals surface area (Å²) in [6.45, 7) is -0.628. The summed E-state index contributed by atoms with van der Waals surface area (Å²) in [5.41, 5.74) is -0.0428. The van der Waals surface area contributed by atoms with Gasteiger partial charge in [0.2, 0.25) is 0 Å². The minimum absolute atomic E-state index is 0.0428. The first-order chi connectivity index (χ1) is 10.2. The van der Waals surface area contributed by atoms with E-state index in [1.165, 1.54) is 19.2 Å². The minimum atomic E-state index is -4.97. The summed E-state index contributed by atoms with van der Waals surface area (Å²) in [6, 6.07) is 2.82. The predicted molar refractivity (Wildman–Crippen MR) is 74.4 cm³/mol. The normalized spacial score (nSPS) is 11.0. The van der Waals surface area contributed by atoms with Crippen LogP contribution in [0.5, 0.6) is 5.75 Å². The van der Waals surface area contributed by atoms with Gasteiger partial charge in [-0.05, 0) is 12.1 Å². The SMILES string of the molecule is COc1c(Cl)ccc(Cl)c1C(=O)NCCNC(=O)C(F)(F)F. The second-order valence-electron chi connectivity index (χ2n) is 3.95.